The van der Waals surface area contributed by atoms with Gasteiger partial charge in [-0.05, 0) is 52.8 Å². The van der Waals surface area contributed by atoms with E-state index in [0.717, 1.165) is 23.4 Å². The third-order valence-corrected chi connectivity index (χ3v) is 3.91. The number of nitrogens with two attached hydrogens (primary N) is 1. The van der Waals surface area contributed by atoms with Gasteiger partial charge in [-0.3, -0.25) is 0 Å². The lowest BCUT2D eigenvalue weighted by atomic mass is 9.94. The Hall–Kier alpha value is -1.31. The Balaban J connectivity index is 2.56. The van der Waals surface area contributed by atoms with Crippen molar-refractivity contribution in [2.45, 2.75) is 33.2 Å². The van der Waals surface area contributed by atoms with Crippen molar-refractivity contribution in [1.82, 2.24) is 0 Å². The number of rotatable bonds is 4. The Bertz CT molecular complexity index is 575. The van der Waals surface area contributed by atoms with Crippen molar-refractivity contribution in [3.05, 3.63) is 58.1 Å². The van der Waals surface area contributed by atoms with Crippen LogP contribution in [-0.4, -0.2) is 0 Å². The van der Waals surface area contributed by atoms with Gasteiger partial charge in [0, 0.05) is 11.6 Å². The smallest absolute Gasteiger partial charge is 0.0451 e. The fourth-order valence-electron chi connectivity index (χ4n) is 2.32. The topological polar surface area (TPSA) is 26.0 Å². The van der Waals surface area contributed by atoms with Crippen LogP contribution < -0.4 is 5.73 Å². The van der Waals surface area contributed by atoms with E-state index in [1.165, 1.54) is 22.3 Å². The summed E-state index contributed by atoms with van der Waals surface area (Å²) in [4.78, 5) is 0. The van der Waals surface area contributed by atoms with Gasteiger partial charge in [-0.2, -0.15) is 0 Å². The maximum atomic E-state index is 6.14. The molecular weight excluding hydrogens is 254 g/mol. The fourth-order valence-corrected chi connectivity index (χ4v) is 2.51. The van der Waals surface area contributed by atoms with Crippen molar-refractivity contribution >= 4 is 11.6 Å². The van der Waals surface area contributed by atoms with Gasteiger partial charge in [-0.1, -0.05) is 49.7 Å². The van der Waals surface area contributed by atoms with Crippen molar-refractivity contribution in [1.29, 1.82) is 0 Å². The lowest BCUT2D eigenvalue weighted by Gasteiger charge is -2.12. The molecule has 0 radical (unpaired) electrons. The molecular formula is C17H20ClN. The molecule has 2 rings (SSSR count). The third kappa shape index (κ3) is 2.99. The molecule has 2 aromatic rings. The maximum Gasteiger partial charge on any atom is 0.0451 e. The van der Waals surface area contributed by atoms with Crippen LogP contribution in [0.4, 0.5) is 0 Å². The first-order chi connectivity index (χ1) is 9.19. The summed E-state index contributed by atoms with van der Waals surface area (Å²) in [6.07, 6.45) is 2.08. The minimum Gasteiger partial charge on any atom is -0.326 e. The summed E-state index contributed by atoms with van der Waals surface area (Å²) in [6, 6.07) is 12.8. The van der Waals surface area contributed by atoms with E-state index in [2.05, 4.69) is 44.2 Å². The van der Waals surface area contributed by atoms with Gasteiger partial charge in [0.05, 0.1) is 0 Å². The zero-order chi connectivity index (χ0) is 13.8. The minimum absolute atomic E-state index is 0.474. The van der Waals surface area contributed by atoms with Gasteiger partial charge in [0.25, 0.3) is 0 Å². The summed E-state index contributed by atoms with van der Waals surface area (Å²) in [6.45, 7) is 4.84. The van der Waals surface area contributed by atoms with E-state index in [4.69, 9.17) is 17.3 Å². The molecule has 0 spiro atoms. The molecule has 0 unspecified atom stereocenters. The molecule has 0 heterocycles. The quantitative estimate of drug-likeness (QED) is 0.866. The van der Waals surface area contributed by atoms with Gasteiger partial charge in [-0.15, -0.1) is 0 Å². The second-order valence-electron chi connectivity index (χ2n) is 4.71. The normalized spacial score (nSPS) is 10.7. The van der Waals surface area contributed by atoms with Gasteiger partial charge >= 0.3 is 0 Å². The summed E-state index contributed by atoms with van der Waals surface area (Å²) in [5.74, 6) is 0. The molecule has 0 saturated heterocycles. The molecule has 19 heavy (non-hydrogen) atoms. The number of halogens is 1. The molecule has 0 aromatic heterocycles. The number of hydrogen-bond donors (Lipinski definition) is 1. The standard InChI is InChI=1S/C17H20ClN/c1-3-12-5-6-13(4-2)16(9-12)14-7-8-17(18)15(10-14)11-19/h5-10H,3-4,11,19H2,1-2H3. The highest BCUT2D eigenvalue weighted by Crippen LogP contribution is 2.29. The van der Waals surface area contributed by atoms with E-state index < -0.39 is 0 Å². The molecule has 0 amide bonds. The van der Waals surface area contributed by atoms with E-state index in [0.29, 0.717) is 6.54 Å². The Morgan fingerprint density at radius 2 is 1.74 bits per heavy atom. The highest BCUT2D eigenvalue weighted by molar-refractivity contribution is 6.31. The van der Waals surface area contributed by atoms with E-state index in [-0.39, 0.29) is 0 Å². The maximum absolute atomic E-state index is 6.14. The van der Waals surface area contributed by atoms with Crippen molar-refractivity contribution in [3.8, 4) is 11.1 Å². The first-order valence-electron chi connectivity index (χ1n) is 6.80. The molecule has 0 aliphatic heterocycles. The minimum atomic E-state index is 0.474. The zero-order valence-electron chi connectivity index (χ0n) is 11.5. The number of benzene rings is 2. The summed E-state index contributed by atoms with van der Waals surface area (Å²) in [5, 5.41) is 0.746. The second kappa shape index (κ2) is 6.23. The molecule has 2 N–H and O–H groups in total. The van der Waals surface area contributed by atoms with E-state index in [1.807, 2.05) is 6.07 Å². The van der Waals surface area contributed by atoms with Gasteiger partial charge < -0.3 is 5.73 Å². The highest BCUT2D eigenvalue weighted by Gasteiger charge is 2.07. The van der Waals surface area contributed by atoms with Crippen LogP contribution in [0, 0.1) is 0 Å². The second-order valence-corrected chi connectivity index (χ2v) is 5.12. The molecule has 0 fully saturated rings. The van der Waals surface area contributed by atoms with Crippen LogP contribution in [0.15, 0.2) is 36.4 Å². The first kappa shape index (κ1) is 14.1. The fraction of sp³-hybridized carbons (Fsp3) is 0.294. The average Bonchev–Trinajstić information content (AvgIpc) is 2.47. The van der Waals surface area contributed by atoms with Crippen LogP contribution in [-0.2, 0) is 19.4 Å². The van der Waals surface area contributed by atoms with Crippen LogP contribution in [0.1, 0.15) is 30.5 Å². The monoisotopic (exact) mass is 273 g/mol. The molecule has 0 atom stereocenters. The van der Waals surface area contributed by atoms with Gasteiger partial charge in [0.1, 0.15) is 0 Å². The Morgan fingerprint density at radius 1 is 0.947 bits per heavy atom. The average molecular weight is 274 g/mol. The van der Waals surface area contributed by atoms with Crippen LogP contribution in [0.3, 0.4) is 0 Å². The molecule has 0 bridgehead atoms. The van der Waals surface area contributed by atoms with Gasteiger partial charge in [0.15, 0.2) is 0 Å². The van der Waals surface area contributed by atoms with Gasteiger partial charge in [-0.25, -0.2) is 0 Å². The first-order valence-corrected chi connectivity index (χ1v) is 7.18. The summed E-state index contributed by atoms with van der Waals surface area (Å²) < 4.78 is 0. The molecule has 2 aromatic carbocycles. The molecule has 0 aliphatic carbocycles. The van der Waals surface area contributed by atoms with Crippen LogP contribution in [0.2, 0.25) is 5.02 Å². The molecule has 0 saturated carbocycles. The predicted molar refractivity (Wildman–Crippen MR) is 83.5 cm³/mol. The van der Waals surface area contributed by atoms with Crippen LogP contribution >= 0.6 is 11.6 Å². The van der Waals surface area contributed by atoms with E-state index in [9.17, 15) is 0 Å². The molecule has 0 aliphatic rings. The summed E-state index contributed by atoms with van der Waals surface area (Å²) in [7, 11) is 0. The Morgan fingerprint density at radius 3 is 2.37 bits per heavy atom. The SMILES string of the molecule is CCc1ccc(CC)c(-c2ccc(Cl)c(CN)c2)c1. The van der Waals surface area contributed by atoms with Crippen LogP contribution in [0.5, 0.6) is 0 Å². The lowest BCUT2D eigenvalue weighted by molar-refractivity contribution is 1.07. The largest absolute Gasteiger partial charge is 0.326 e. The van der Waals surface area contributed by atoms with Crippen molar-refractivity contribution in [2.24, 2.45) is 5.73 Å². The van der Waals surface area contributed by atoms with Crippen LogP contribution in [0.25, 0.3) is 11.1 Å². The van der Waals surface area contributed by atoms with Crippen molar-refractivity contribution < 1.29 is 0 Å². The zero-order valence-corrected chi connectivity index (χ0v) is 12.3. The Kier molecular flexibility index (Phi) is 4.62. The Labute approximate surface area is 120 Å². The van der Waals surface area contributed by atoms with Gasteiger partial charge in [0.2, 0.25) is 0 Å². The van der Waals surface area contributed by atoms with Crippen molar-refractivity contribution in [2.75, 3.05) is 0 Å². The molecule has 1 nitrogen and oxygen atoms in total. The van der Waals surface area contributed by atoms with Crippen molar-refractivity contribution in [3.63, 3.8) is 0 Å². The predicted octanol–water partition coefficient (Wildman–Crippen LogP) is 4.59. The summed E-state index contributed by atoms with van der Waals surface area (Å²) in [5.41, 5.74) is 12.0. The number of hydrogen-bond acceptors (Lipinski definition) is 1. The van der Waals surface area contributed by atoms with E-state index >= 15 is 0 Å². The summed E-state index contributed by atoms with van der Waals surface area (Å²) >= 11 is 6.14. The highest BCUT2D eigenvalue weighted by atomic mass is 35.5. The number of aryl methyl sites for hydroxylation is 2. The van der Waals surface area contributed by atoms with E-state index in [1.54, 1.807) is 0 Å². The third-order valence-electron chi connectivity index (χ3n) is 3.54. The molecule has 100 valence electrons. The molecule has 2 heteroatoms. The lowest BCUT2D eigenvalue weighted by Crippen LogP contribution is -1.98.